The third-order valence-corrected chi connectivity index (χ3v) is 1.53. The van der Waals surface area contributed by atoms with E-state index < -0.39 is 11.6 Å². The van der Waals surface area contributed by atoms with Gasteiger partial charge in [-0.05, 0) is 20.8 Å². The maximum Gasteiger partial charge on any atom is 0.407 e. The lowest BCUT2D eigenvalue weighted by Crippen LogP contribution is -2.46. The summed E-state index contributed by atoms with van der Waals surface area (Å²) in [5.41, 5.74) is 5.96. The van der Waals surface area contributed by atoms with Crippen molar-refractivity contribution in [1.82, 2.24) is 9.81 Å². The van der Waals surface area contributed by atoms with Crippen molar-refractivity contribution >= 4 is 6.09 Å². The average Bonchev–Trinajstić information content (AvgIpc) is 1.94. The summed E-state index contributed by atoms with van der Waals surface area (Å²) < 4.78 is 0. The summed E-state index contributed by atoms with van der Waals surface area (Å²) >= 11 is 0. The van der Waals surface area contributed by atoms with Crippen LogP contribution in [0.2, 0.25) is 0 Å². The van der Waals surface area contributed by atoms with Crippen molar-refractivity contribution < 1.29 is 9.90 Å². The Bertz CT molecular complexity index is 227. The zero-order valence-electron chi connectivity index (χ0n) is 8.11. The molecule has 0 spiro atoms. The lowest BCUT2D eigenvalue weighted by atomic mass is 10.1. The van der Waals surface area contributed by atoms with Crippen LogP contribution in [0.5, 0.6) is 0 Å². The number of nitrogens with one attached hydrogen (secondary N) is 1. The number of amides is 1. The van der Waals surface area contributed by atoms with Gasteiger partial charge in [0.25, 0.3) is 0 Å². The van der Waals surface area contributed by atoms with Crippen LogP contribution in [0.25, 0.3) is 0 Å². The minimum Gasteiger partial charge on any atom is -0.465 e. The highest BCUT2D eigenvalue weighted by molar-refractivity contribution is 5.65. The molecule has 13 heavy (non-hydrogen) atoms. The molecule has 1 amide bonds. The van der Waals surface area contributed by atoms with E-state index in [1.54, 1.807) is 20.8 Å². The first kappa shape index (κ1) is 11.6. The molecule has 0 aliphatic rings. The van der Waals surface area contributed by atoms with Gasteiger partial charge in [0.05, 0.1) is 6.54 Å². The van der Waals surface area contributed by atoms with Gasteiger partial charge in [-0.1, -0.05) is 0 Å². The van der Waals surface area contributed by atoms with Crippen LogP contribution >= 0.6 is 0 Å². The van der Waals surface area contributed by atoms with Crippen molar-refractivity contribution in [1.29, 1.82) is 5.53 Å². The van der Waals surface area contributed by atoms with Gasteiger partial charge in [-0.2, -0.15) is 0 Å². The molecule has 6 nitrogen and oxygen atoms in total. The third kappa shape index (κ3) is 4.22. The Kier molecular flexibility index (Phi) is 4.07. The molecule has 6 heteroatoms. The maximum atomic E-state index is 10.7. The Labute approximate surface area is 76.8 Å². The van der Waals surface area contributed by atoms with Crippen molar-refractivity contribution in [2.24, 2.45) is 5.11 Å². The van der Waals surface area contributed by atoms with Crippen LogP contribution < -0.4 is 4.91 Å². The van der Waals surface area contributed by atoms with E-state index >= 15 is 0 Å². The van der Waals surface area contributed by atoms with E-state index in [1.165, 1.54) is 4.90 Å². The highest BCUT2D eigenvalue weighted by atomic mass is 16.4. The number of hydrogen-bond acceptors (Lipinski definition) is 3. The molecule has 0 unspecified atom stereocenters. The standard InChI is InChI=1S/C7H14N4O2/c1-7(2,3)11(6(12)13)5-4-9-10-8/h8H,4-5H2,1-3H3/p+1. The first-order valence-electron chi connectivity index (χ1n) is 3.93. The smallest absolute Gasteiger partial charge is 0.407 e. The van der Waals surface area contributed by atoms with E-state index in [9.17, 15) is 4.79 Å². The van der Waals surface area contributed by atoms with Crippen LogP contribution in [0.3, 0.4) is 0 Å². The number of rotatable bonds is 3. The van der Waals surface area contributed by atoms with Crippen LogP contribution in [0.15, 0.2) is 5.11 Å². The van der Waals surface area contributed by atoms with Crippen molar-refractivity contribution in [3.05, 3.63) is 0 Å². The van der Waals surface area contributed by atoms with Crippen LogP contribution in [0.4, 0.5) is 4.79 Å². The van der Waals surface area contributed by atoms with Gasteiger partial charge in [0, 0.05) is 5.54 Å². The van der Waals surface area contributed by atoms with Gasteiger partial charge in [-0.15, -0.1) is 0 Å². The maximum absolute atomic E-state index is 10.7. The molecule has 0 aromatic heterocycles. The van der Waals surface area contributed by atoms with Crippen molar-refractivity contribution in [2.45, 2.75) is 26.3 Å². The first-order valence-corrected chi connectivity index (χ1v) is 3.93. The topological polar surface area (TPSA) is 90.9 Å². The Morgan fingerprint density at radius 1 is 1.62 bits per heavy atom. The van der Waals surface area contributed by atoms with Crippen molar-refractivity contribution in [3.63, 3.8) is 0 Å². The predicted molar refractivity (Wildman–Crippen MR) is 46.6 cm³/mol. The lowest BCUT2D eigenvalue weighted by Gasteiger charge is -2.31. The molecule has 0 aliphatic carbocycles. The molecule has 0 heterocycles. The van der Waals surface area contributed by atoms with Crippen LogP contribution in [-0.2, 0) is 0 Å². The van der Waals surface area contributed by atoms with Gasteiger partial charge in [0.1, 0.15) is 17.2 Å². The molecule has 0 radical (unpaired) electrons. The van der Waals surface area contributed by atoms with Crippen molar-refractivity contribution in [2.75, 3.05) is 13.1 Å². The van der Waals surface area contributed by atoms with Crippen LogP contribution in [-0.4, -0.2) is 34.7 Å². The molecule has 0 saturated carbocycles. The van der Waals surface area contributed by atoms with Crippen LogP contribution in [0.1, 0.15) is 20.8 Å². The summed E-state index contributed by atoms with van der Waals surface area (Å²) in [7, 11) is 0. The number of nitrogens with zero attached hydrogens (tertiary/aromatic N) is 3. The van der Waals surface area contributed by atoms with E-state index in [2.05, 4.69) is 10.0 Å². The number of carbonyl (C=O) groups is 1. The van der Waals surface area contributed by atoms with E-state index in [0.717, 1.165) is 0 Å². The Balaban J connectivity index is 4.28. The Hall–Kier alpha value is -1.42. The molecule has 0 aromatic rings. The molecular formula is C7H15N4O2+. The number of carboxylic acid groups (broad SMARTS) is 1. The zero-order chi connectivity index (χ0) is 10.5. The van der Waals surface area contributed by atoms with E-state index in [0.29, 0.717) is 0 Å². The second-order valence-corrected chi connectivity index (χ2v) is 3.57. The minimum absolute atomic E-state index is 0.229. The van der Waals surface area contributed by atoms with Gasteiger partial charge in [0.15, 0.2) is 0 Å². The Morgan fingerprint density at radius 2 is 2.15 bits per heavy atom. The molecule has 0 atom stereocenters. The summed E-state index contributed by atoms with van der Waals surface area (Å²) in [6.07, 6.45) is -0.979. The quantitative estimate of drug-likeness (QED) is 0.515. The van der Waals surface area contributed by atoms with Crippen LogP contribution in [0, 0.1) is 5.53 Å². The highest BCUT2D eigenvalue weighted by Gasteiger charge is 2.25. The van der Waals surface area contributed by atoms with Gasteiger partial charge in [0.2, 0.25) is 4.91 Å². The average molecular weight is 187 g/mol. The molecule has 0 aliphatic heterocycles. The zero-order valence-corrected chi connectivity index (χ0v) is 8.11. The van der Waals surface area contributed by atoms with Gasteiger partial charge >= 0.3 is 6.09 Å². The van der Waals surface area contributed by atoms with Crippen molar-refractivity contribution in [3.8, 4) is 0 Å². The summed E-state index contributed by atoms with van der Waals surface area (Å²) in [6, 6.07) is 0. The van der Waals surface area contributed by atoms with E-state index in [1.807, 2.05) is 0 Å². The molecule has 0 rings (SSSR count). The normalized spacial score (nSPS) is 10.4. The molecule has 74 valence electrons. The van der Waals surface area contributed by atoms with E-state index in [-0.39, 0.29) is 13.1 Å². The molecule has 0 aromatic carbocycles. The molecule has 0 saturated heterocycles. The molecule has 0 bridgehead atoms. The monoisotopic (exact) mass is 187 g/mol. The SMILES string of the molecule is CC(C)(C)N(CCN=[N+]=N)C(=O)O. The fourth-order valence-corrected chi connectivity index (χ4v) is 0.913. The van der Waals surface area contributed by atoms with Gasteiger partial charge < -0.3 is 10.0 Å². The highest BCUT2D eigenvalue weighted by Crippen LogP contribution is 2.12. The molecular weight excluding hydrogens is 172 g/mol. The summed E-state index contributed by atoms with van der Waals surface area (Å²) in [4.78, 5) is 14.8. The van der Waals surface area contributed by atoms with E-state index in [4.69, 9.17) is 10.6 Å². The first-order chi connectivity index (χ1) is 5.89. The molecule has 2 N–H and O–H groups in total. The largest absolute Gasteiger partial charge is 0.465 e. The summed E-state index contributed by atoms with van der Waals surface area (Å²) in [6.45, 7) is 5.91. The second kappa shape index (κ2) is 4.57. The summed E-state index contributed by atoms with van der Waals surface area (Å²) in [5, 5.41) is 12.2. The third-order valence-electron chi connectivity index (χ3n) is 1.53. The number of hydrogen-bond donors (Lipinski definition) is 2. The predicted octanol–water partition coefficient (Wildman–Crippen LogP) is 1.32. The van der Waals surface area contributed by atoms with Gasteiger partial charge in [-0.25, -0.2) is 4.79 Å². The molecule has 0 fully saturated rings. The fourth-order valence-electron chi connectivity index (χ4n) is 0.913. The summed E-state index contributed by atoms with van der Waals surface area (Å²) in [5.74, 6) is 0. The second-order valence-electron chi connectivity index (χ2n) is 3.57. The minimum atomic E-state index is -0.979. The Morgan fingerprint density at radius 3 is 2.46 bits per heavy atom. The fraction of sp³-hybridized carbons (Fsp3) is 0.857. The lowest BCUT2D eigenvalue weighted by molar-refractivity contribution is 0.102. The van der Waals surface area contributed by atoms with Gasteiger partial charge in [-0.3, -0.25) is 0 Å².